The van der Waals surface area contributed by atoms with E-state index in [1.807, 2.05) is 18.2 Å². The zero-order valence-corrected chi connectivity index (χ0v) is 18.8. The number of hydrogen-bond acceptors (Lipinski definition) is 4. The summed E-state index contributed by atoms with van der Waals surface area (Å²) in [5.74, 6) is -0.103. The summed E-state index contributed by atoms with van der Waals surface area (Å²) >= 11 is 0. The number of aryl methyl sites for hydroxylation is 1. The molecular formula is C20H25NaO5S. The monoisotopic (exact) mass is 400 g/mol. The van der Waals surface area contributed by atoms with E-state index in [2.05, 4.69) is 6.92 Å². The van der Waals surface area contributed by atoms with Crippen molar-refractivity contribution in [3.05, 3.63) is 48.0 Å². The fourth-order valence-electron chi connectivity index (χ4n) is 2.73. The first-order valence-electron chi connectivity index (χ1n) is 8.95. The molecule has 1 N–H and O–H groups in total. The van der Waals surface area contributed by atoms with Gasteiger partial charge in [0.1, 0.15) is 11.5 Å². The maximum atomic E-state index is 11.9. The zero-order chi connectivity index (χ0) is 19.0. The van der Waals surface area contributed by atoms with Crippen molar-refractivity contribution < 1.29 is 52.4 Å². The first-order valence-corrected chi connectivity index (χ1v) is 10.4. The molecule has 0 fully saturated rings. The Balaban J connectivity index is 0.00000364. The minimum atomic E-state index is -4.38. The van der Waals surface area contributed by atoms with Crippen molar-refractivity contribution in [2.24, 2.45) is 0 Å². The molecule has 7 heteroatoms. The van der Waals surface area contributed by atoms with Crippen LogP contribution in [0.25, 0.3) is 0 Å². The average molecular weight is 400 g/mol. The van der Waals surface area contributed by atoms with Gasteiger partial charge >= 0.3 is 29.6 Å². The van der Waals surface area contributed by atoms with Gasteiger partial charge in [-0.15, -0.1) is 0 Å². The summed E-state index contributed by atoms with van der Waals surface area (Å²) < 4.78 is 37.1. The molecule has 142 valence electrons. The van der Waals surface area contributed by atoms with Crippen LogP contribution < -0.4 is 39.4 Å². The van der Waals surface area contributed by atoms with Crippen LogP contribution in [-0.2, 0) is 16.5 Å². The normalized spacial score (nSPS) is 11.0. The van der Waals surface area contributed by atoms with Crippen LogP contribution in [0.4, 0.5) is 0 Å². The first-order chi connectivity index (χ1) is 12.4. The molecule has 0 unspecified atom stereocenters. The van der Waals surface area contributed by atoms with E-state index in [0.717, 1.165) is 36.6 Å². The van der Waals surface area contributed by atoms with Crippen molar-refractivity contribution >= 4 is 10.1 Å². The molecule has 0 saturated heterocycles. The Kier molecular flexibility index (Phi) is 10.4. The molecular weight excluding hydrogens is 375 g/mol. The van der Waals surface area contributed by atoms with Crippen molar-refractivity contribution in [1.82, 2.24) is 0 Å². The third kappa shape index (κ3) is 8.23. The maximum absolute atomic E-state index is 11.9. The van der Waals surface area contributed by atoms with Gasteiger partial charge in [-0.05, 0) is 36.6 Å². The standard InChI is InChI=1S/C20H26O5S.Na/c1-2-3-4-5-6-7-9-16-10-8-11-17(14-16)25-20-15-18(26(22,23)24)12-13-19(20)21;/h8,10-15,21H,2-7,9H2,1H3,(H,22,23,24);/q;+1/p-1. The molecule has 0 amide bonds. The Labute approximate surface area is 183 Å². The van der Waals surface area contributed by atoms with E-state index in [0.29, 0.717) is 5.75 Å². The number of benzene rings is 2. The molecule has 0 aliphatic rings. The van der Waals surface area contributed by atoms with Crippen LogP contribution in [0.15, 0.2) is 47.4 Å². The van der Waals surface area contributed by atoms with Gasteiger partial charge in [0, 0.05) is 6.07 Å². The average Bonchev–Trinajstić information content (AvgIpc) is 2.59. The summed E-state index contributed by atoms with van der Waals surface area (Å²) in [5.41, 5.74) is 1.11. The quantitative estimate of drug-likeness (QED) is 0.373. The fraction of sp³-hybridized carbons (Fsp3) is 0.400. The summed E-state index contributed by atoms with van der Waals surface area (Å²) in [6, 6.07) is 10.6. The summed E-state index contributed by atoms with van der Waals surface area (Å²) in [6.45, 7) is 2.20. The topological polar surface area (TPSA) is 86.7 Å². The molecule has 0 radical (unpaired) electrons. The van der Waals surface area contributed by atoms with Gasteiger partial charge in [-0.3, -0.25) is 4.55 Å². The van der Waals surface area contributed by atoms with Gasteiger partial charge in [0.05, 0.1) is 4.90 Å². The Morgan fingerprint density at radius 2 is 1.70 bits per heavy atom. The van der Waals surface area contributed by atoms with Gasteiger partial charge in [0.15, 0.2) is 0 Å². The maximum Gasteiger partial charge on any atom is 1.00 e. The van der Waals surface area contributed by atoms with Gasteiger partial charge in [0.2, 0.25) is 0 Å². The molecule has 0 aromatic heterocycles. The molecule has 0 aliphatic carbocycles. The smallest absolute Gasteiger partial charge is 0.870 e. The summed E-state index contributed by atoms with van der Waals surface area (Å²) in [4.78, 5) is -0.365. The van der Waals surface area contributed by atoms with E-state index in [9.17, 15) is 13.5 Å². The van der Waals surface area contributed by atoms with Gasteiger partial charge in [-0.25, -0.2) is 0 Å². The largest absolute Gasteiger partial charge is 1.00 e. The number of hydrogen-bond donors (Lipinski definition) is 1. The van der Waals surface area contributed by atoms with E-state index < -0.39 is 15.9 Å². The number of ether oxygens (including phenoxy) is 1. The van der Waals surface area contributed by atoms with Crippen LogP contribution in [0, 0.1) is 0 Å². The molecule has 5 nitrogen and oxygen atoms in total. The van der Waals surface area contributed by atoms with E-state index >= 15 is 0 Å². The summed E-state index contributed by atoms with van der Waals surface area (Å²) in [6.07, 6.45) is 8.24. The minimum absolute atomic E-state index is 0. The predicted octanol–water partition coefficient (Wildman–Crippen LogP) is 1.71. The van der Waals surface area contributed by atoms with E-state index in [4.69, 9.17) is 9.29 Å². The molecule has 27 heavy (non-hydrogen) atoms. The van der Waals surface area contributed by atoms with Crippen LogP contribution in [0.2, 0.25) is 0 Å². The van der Waals surface area contributed by atoms with Gasteiger partial charge in [-0.2, -0.15) is 8.42 Å². The van der Waals surface area contributed by atoms with E-state index in [-0.39, 0.29) is 40.2 Å². The van der Waals surface area contributed by atoms with E-state index in [1.165, 1.54) is 32.1 Å². The van der Waals surface area contributed by atoms with Crippen LogP contribution in [0.5, 0.6) is 17.2 Å². The summed E-state index contributed by atoms with van der Waals surface area (Å²) in [7, 11) is -4.38. The van der Waals surface area contributed by atoms with Crippen LogP contribution in [0.3, 0.4) is 0 Å². The van der Waals surface area contributed by atoms with Crippen molar-refractivity contribution in [1.29, 1.82) is 0 Å². The molecule has 0 bridgehead atoms. The SMILES string of the molecule is CCCCCCCCc1cccc(Oc2cc(S(=O)(=O)O)ccc2[O-])c1.[Na+]. The number of rotatable bonds is 10. The van der Waals surface area contributed by atoms with Crippen LogP contribution in [-0.4, -0.2) is 13.0 Å². The predicted molar refractivity (Wildman–Crippen MR) is 99.3 cm³/mol. The van der Waals surface area contributed by atoms with Crippen molar-refractivity contribution in [2.45, 2.75) is 56.8 Å². The number of unbranched alkanes of at least 4 members (excludes halogenated alkanes) is 5. The second-order valence-electron chi connectivity index (χ2n) is 6.35. The van der Waals surface area contributed by atoms with Gasteiger partial charge in [-0.1, -0.05) is 63.0 Å². The molecule has 0 spiro atoms. The third-order valence-electron chi connectivity index (χ3n) is 4.16. The molecule has 0 saturated carbocycles. The van der Waals surface area contributed by atoms with Gasteiger partial charge in [0.25, 0.3) is 10.1 Å². The molecule has 2 aromatic rings. The third-order valence-corrected chi connectivity index (χ3v) is 5.01. The Morgan fingerprint density at radius 3 is 2.41 bits per heavy atom. The van der Waals surface area contributed by atoms with Gasteiger partial charge < -0.3 is 9.84 Å². The first kappa shape index (κ1) is 24.0. The second kappa shape index (κ2) is 11.7. The fourth-order valence-corrected chi connectivity index (χ4v) is 3.23. The van der Waals surface area contributed by atoms with E-state index in [1.54, 1.807) is 6.07 Å². The summed E-state index contributed by atoms with van der Waals surface area (Å²) in [5, 5.41) is 11.9. The van der Waals surface area contributed by atoms with Crippen molar-refractivity contribution in [2.75, 3.05) is 0 Å². The Bertz CT molecular complexity index is 821. The second-order valence-corrected chi connectivity index (χ2v) is 7.77. The van der Waals surface area contributed by atoms with Crippen LogP contribution >= 0.6 is 0 Å². The molecule has 0 atom stereocenters. The molecule has 0 heterocycles. The molecule has 2 rings (SSSR count). The molecule has 0 aliphatic heterocycles. The molecule has 2 aromatic carbocycles. The van der Waals surface area contributed by atoms with Crippen molar-refractivity contribution in [3.63, 3.8) is 0 Å². The Morgan fingerprint density at radius 1 is 1.00 bits per heavy atom. The van der Waals surface area contributed by atoms with Crippen molar-refractivity contribution in [3.8, 4) is 17.2 Å². The Hall–Kier alpha value is -1.05. The minimum Gasteiger partial charge on any atom is -0.870 e. The zero-order valence-electron chi connectivity index (χ0n) is 16.0. The van der Waals surface area contributed by atoms with Crippen LogP contribution in [0.1, 0.15) is 51.0 Å².